The molecule has 5 aliphatic rings. The van der Waals surface area contributed by atoms with E-state index in [-0.39, 0.29) is 16.9 Å². The number of fused-ring (bicyclic) bond motifs is 1. The van der Waals surface area contributed by atoms with E-state index in [1.165, 1.54) is 0 Å². The first kappa shape index (κ1) is 15.8. The molecule has 2 saturated heterocycles. The summed E-state index contributed by atoms with van der Waals surface area (Å²) in [5, 5.41) is 22.0. The van der Waals surface area contributed by atoms with Gasteiger partial charge < -0.3 is 24.4 Å². The lowest BCUT2D eigenvalue weighted by Gasteiger charge is -2.38. The normalized spacial score (nSPS) is 53.0. The summed E-state index contributed by atoms with van der Waals surface area (Å²) >= 11 is 0. The fourth-order valence-corrected chi connectivity index (χ4v) is 6.37. The topological polar surface area (TPSA) is 102 Å². The maximum absolute atomic E-state index is 12.9. The van der Waals surface area contributed by atoms with Crippen LogP contribution in [0.25, 0.3) is 0 Å². The molecular formula is C18H22O7. The molecule has 2 aliphatic carbocycles. The number of carbonyl (C=O) groups excluding carboxylic acids is 2. The fraction of sp³-hybridized carbons (Fsp3) is 0.778. The predicted octanol–water partition coefficient (Wildman–Crippen LogP) is 0.284. The maximum Gasteiger partial charge on any atom is 0.344 e. The molecule has 7 heteroatoms. The molecule has 3 heterocycles. The Balaban J connectivity index is 1.80. The van der Waals surface area contributed by atoms with Crippen molar-refractivity contribution in [3.8, 4) is 0 Å². The van der Waals surface area contributed by atoms with Crippen molar-refractivity contribution in [2.45, 2.75) is 64.3 Å². The van der Waals surface area contributed by atoms with Crippen molar-refractivity contribution >= 4 is 11.9 Å². The minimum Gasteiger partial charge on any atom is -0.459 e. The van der Waals surface area contributed by atoms with Crippen LogP contribution in [-0.4, -0.2) is 52.4 Å². The van der Waals surface area contributed by atoms with Crippen LogP contribution >= 0.6 is 0 Å². The van der Waals surface area contributed by atoms with Gasteiger partial charge in [-0.05, 0) is 24.7 Å². The van der Waals surface area contributed by atoms with Crippen molar-refractivity contribution in [2.75, 3.05) is 0 Å². The molecule has 0 aromatic heterocycles. The van der Waals surface area contributed by atoms with Crippen LogP contribution in [0.15, 0.2) is 11.1 Å². The zero-order chi connectivity index (χ0) is 18.1. The average Bonchev–Trinajstić information content (AvgIpc) is 3.18. The first-order valence-electron chi connectivity index (χ1n) is 8.75. The Morgan fingerprint density at radius 3 is 2.48 bits per heavy atom. The minimum atomic E-state index is -1.62. The van der Waals surface area contributed by atoms with Gasteiger partial charge in [-0.3, -0.25) is 0 Å². The molecule has 3 aliphatic heterocycles. The Hall–Kier alpha value is -1.44. The Morgan fingerprint density at radius 1 is 1.16 bits per heavy atom. The SMILES string of the molecule is CC1=C2C(OC1=O)[C@H](O)[C@@]13[C@@H]4[C@H](C(C)(C)C)C[C@H]1OC(=O)[C@]23O[C@@H]4O. The van der Waals surface area contributed by atoms with Gasteiger partial charge in [0, 0.05) is 17.1 Å². The van der Waals surface area contributed by atoms with Gasteiger partial charge in [-0.2, -0.15) is 0 Å². The third-order valence-corrected chi connectivity index (χ3v) is 7.23. The number of aliphatic hydroxyl groups is 2. The molecule has 0 bridgehead atoms. The van der Waals surface area contributed by atoms with Crippen molar-refractivity contribution in [2.24, 2.45) is 22.7 Å². The summed E-state index contributed by atoms with van der Waals surface area (Å²) in [6.07, 6.45) is -3.27. The summed E-state index contributed by atoms with van der Waals surface area (Å²) in [6, 6.07) is 0. The first-order valence-corrected chi connectivity index (χ1v) is 8.75. The molecule has 0 aromatic rings. The van der Waals surface area contributed by atoms with Crippen molar-refractivity contribution in [3.05, 3.63) is 11.1 Å². The number of hydrogen-bond acceptors (Lipinski definition) is 7. The molecule has 1 spiro atoms. The van der Waals surface area contributed by atoms with E-state index in [9.17, 15) is 19.8 Å². The van der Waals surface area contributed by atoms with Crippen LogP contribution in [0.5, 0.6) is 0 Å². The molecule has 8 atom stereocenters. The van der Waals surface area contributed by atoms with Gasteiger partial charge in [0.05, 0.1) is 5.41 Å². The molecule has 136 valence electrons. The maximum atomic E-state index is 12.9. The highest BCUT2D eigenvalue weighted by Crippen LogP contribution is 2.76. The number of ether oxygens (including phenoxy) is 3. The fourth-order valence-electron chi connectivity index (χ4n) is 6.37. The van der Waals surface area contributed by atoms with Crippen molar-refractivity contribution in [1.29, 1.82) is 0 Å². The van der Waals surface area contributed by atoms with Crippen molar-refractivity contribution in [1.82, 2.24) is 0 Å². The van der Waals surface area contributed by atoms with E-state index in [2.05, 4.69) is 20.8 Å². The predicted molar refractivity (Wildman–Crippen MR) is 81.8 cm³/mol. The smallest absolute Gasteiger partial charge is 0.344 e. The molecule has 5 rings (SSSR count). The molecule has 2 N–H and O–H groups in total. The summed E-state index contributed by atoms with van der Waals surface area (Å²) in [4.78, 5) is 24.9. The van der Waals surface area contributed by atoms with Crippen LogP contribution in [0.1, 0.15) is 34.1 Å². The third-order valence-electron chi connectivity index (χ3n) is 7.23. The molecule has 0 radical (unpaired) electrons. The van der Waals surface area contributed by atoms with E-state index < -0.39 is 53.5 Å². The average molecular weight is 350 g/mol. The molecule has 2 saturated carbocycles. The standard InChI is InChI=1S/C18H22O7/c1-6-9-11(24-13(6)20)12(19)17-8-5-7(16(2,3)4)10(17)14(21)25-18(9,17)15(22)23-8/h7-8,10-12,14,19,21H,5H2,1-4H3/t7-,8-,10-,11?,12+,14+,17+,18-/m1/s1. The second-order valence-electron chi connectivity index (χ2n) is 9.06. The monoisotopic (exact) mass is 350 g/mol. The quantitative estimate of drug-likeness (QED) is 0.605. The second-order valence-corrected chi connectivity index (χ2v) is 9.06. The van der Waals surface area contributed by atoms with Gasteiger partial charge in [0.25, 0.3) is 0 Å². The lowest BCUT2D eigenvalue weighted by Crippen LogP contribution is -2.53. The number of aliphatic hydroxyl groups excluding tert-OH is 2. The van der Waals surface area contributed by atoms with Gasteiger partial charge in [-0.15, -0.1) is 0 Å². The highest BCUT2D eigenvalue weighted by atomic mass is 16.7. The van der Waals surface area contributed by atoms with Gasteiger partial charge in [-0.25, -0.2) is 9.59 Å². The van der Waals surface area contributed by atoms with Crippen LogP contribution in [0.2, 0.25) is 0 Å². The first-order chi connectivity index (χ1) is 11.6. The molecular weight excluding hydrogens is 328 g/mol. The van der Waals surface area contributed by atoms with Gasteiger partial charge in [-0.1, -0.05) is 20.8 Å². The Bertz CT molecular complexity index is 749. The second kappa shape index (κ2) is 4.10. The Kier molecular flexibility index (Phi) is 2.59. The van der Waals surface area contributed by atoms with Gasteiger partial charge in [0.15, 0.2) is 12.4 Å². The van der Waals surface area contributed by atoms with Crippen LogP contribution in [0.3, 0.4) is 0 Å². The lowest BCUT2D eigenvalue weighted by molar-refractivity contribution is -0.177. The number of esters is 2. The van der Waals surface area contributed by atoms with Crippen molar-refractivity contribution < 1.29 is 34.0 Å². The molecule has 25 heavy (non-hydrogen) atoms. The summed E-state index contributed by atoms with van der Waals surface area (Å²) in [5.41, 5.74) is -2.29. The number of rotatable bonds is 0. The van der Waals surface area contributed by atoms with Crippen LogP contribution < -0.4 is 0 Å². The summed E-state index contributed by atoms with van der Waals surface area (Å²) in [7, 11) is 0. The number of carbonyl (C=O) groups is 2. The van der Waals surface area contributed by atoms with E-state index in [4.69, 9.17) is 14.2 Å². The highest BCUT2D eigenvalue weighted by Gasteiger charge is 2.91. The largest absolute Gasteiger partial charge is 0.459 e. The van der Waals surface area contributed by atoms with E-state index >= 15 is 0 Å². The number of hydrogen-bond donors (Lipinski definition) is 2. The summed E-state index contributed by atoms with van der Waals surface area (Å²) in [5.74, 6) is -1.66. The van der Waals surface area contributed by atoms with Crippen LogP contribution in [0.4, 0.5) is 0 Å². The van der Waals surface area contributed by atoms with Gasteiger partial charge in [0.1, 0.15) is 12.2 Å². The lowest BCUT2D eigenvalue weighted by atomic mass is 9.63. The van der Waals surface area contributed by atoms with E-state index in [0.29, 0.717) is 12.0 Å². The van der Waals surface area contributed by atoms with E-state index in [1.807, 2.05) is 0 Å². The zero-order valence-corrected chi connectivity index (χ0v) is 14.6. The van der Waals surface area contributed by atoms with Crippen LogP contribution in [0, 0.1) is 22.7 Å². The van der Waals surface area contributed by atoms with Crippen molar-refractivity contribution in [3.63, 3.8) is 0 Å². The molecule has 7 nitrogen and oxygen atoms in total. The van der Waals surface area contributed by atoms with E-state index in [1.54, 1.807) is 6.92 Å². The summed E-state index contributed by atoms with van der Waals surface area (Å²) < 4.78 is 16.9. The molecule has 4 fully saturated rings. The minimum absolute atomic E-state index is 0.00689. The van der Waals surface area contributed by atoms with Crippen LogP contribution in [-0.2, 0) is 23.8 Å². The molecule has 0 amide bonds. The molecule has 1 unspecified atom stereocenters. The Labute approximate surface area is 144 Å². The van der Waals surface area contributed by atoms with E-state index in [0.717, 1.165) is 0 Å². The molecule has 0 aromatic carbocycles. The zero-order valence-electron chi connectivity index (χ0n) is 14.6. The van der Waals surface area contributed by atoms with Gasteiger partial charge in [0.2, 0.25) is 5.60 Å². The highest BCUT2D eigenvalue weighted by molar-refractivity contribution is 5.99. The van der Waals surface area contributed by atoms with Gasteiger partial charge >= 0.3 is 11.9 Å². The Morgan fingerprint density at radius 2 is 1.84 bits per heavy atom. The third kappa shape index (κ3) is 1.33. The summed E-state index contributed by atoms with van der Waals surface area (Å²) in [6.45, 7) is 7.77.